The summed E-state index contributed by atoms with van der Waals surface area (Å²) in [7, 11) is 1.67. The number of ether oxygens (including phenoxy) is 2. The van der Waals surface area contributed by atoms with E-state index in [-0.39, 0.29) is 0 Å². The first-order chi connectivity index (χ1) is 9.79. The minimum atomic E-state index is -0.966. The van der Waals surface area contributed by atoms with Crippen LogP contribution in [-0.2, 0) is 25.0 Å². The van der Waals surface area contributed by atoms with Crippen LogP contribution in [0.5, 0.6) is 0 Å². The van der Waals surface area contributed by atoms with Gasteiger partial charge >= 0.3 is 0 Å². The lowest BCUT2D eigenvalue weighted by atomic mass is 9.73. The highest BCUT2D eigenvalue weighted by Crippen LogP contribution is 2.55. The Labute approximate surface area is 118 Å². The van der Waals surface area contributed by atoms with Crippen LogP contribution in [0.3, 0.4) is 0 Å². The standard InChI is InChI=1S/C15H20O5/c1-16-13-14-8-3-2-5-11(14)7-9-15(18-13,20-19-14)12-6-4-10-17-12/h4,6,10-11,13H,2-3,5,7-9H2,1H3/t11-,13-,14+,15+/m1/s1. The first kappa shape index (κ1) is 12.8. The molecule has 5 heteroatoms. The molecule has 4 aliphatic rings. The normalized spacial score (nSPS) is 44.0. The van der Waals surface area contributed by atoms with Crippen LogP contribution in [0.15, 0.2) is 22.8 Å². The van der Waals surface area contributed by atoms with E-state index in [0.717, 1.165) is 32.1 Å². The number of hydrogen-bond donors (Lipinski definition) is 0. The molecule has 4 atom stereocenters. The summed E-state index contributed by atoms with van der Waals surface area (Å²) in [6, 6.07) is 3.70. The van der Waals surface area contributed by atoms with Crippen LogP contribution in [0.25, 0.3) is 0 Å². The van der Waals surface area contributed by atoms with E-state index in [4.69, 9.17) is 23.7 Å². The Bertz CT molecular complexity index is 469. The Morgan fingerprint density at radius 1 is 1.20 bits per heavy atom. The summed E-state index contributed by atoms with van der Waals surface area (Å²) in [6.45, 7) is 0. The molecular formula is C15H20O5. The lowest BCUT2D eigenvalue weighted by Gasteiger charge is -2.49. The highest BCUT2D eigenvalue weighted by atomic mass is 17.3. The first-order valence-electron chi connectivity index (χ1n) is 7.40. The Balaban J connectivity index is 1.74. The van der Waals surface area contributed by atoms with Crippen molar-refractivity contribution in [3.8, 4) is 0 Å². The van der Waals surface area contributed by atoms with Crippen molar-refractivity contribution in [3.05, 3.63) is 24.2 Å². The van der Waals surface area contributed by atoms with Crippen LogP contribution >= 0.6 is 0 Å². The number of fused-ring (bicyclic) bond motifs is 3. The molecule has 20 heavy (non-hydrogen) atoms. The van der Waals surface area contributed by atoms with Gasteiger partial charge in [-0.15, -0.1) is 0 Å². The van der Waals surface area contributed by atoms with Crippen molar-refractivity contribution in [2.24, 2.45) is 5.92 Å². The summed E-state index contributed by atoms with van der Waals surface area (Å²) >= 11 is 0. The summed E-state index contributed by atoms with van der Waals surface area (Å²) in [5, 5.41) is 0. The number of furan rings is 1. The van der Waals surface area contributed by atoms with Crippen molar-refractivity contribution >= 4 is 0 Å². The summed E-state index contributed by atoms with van der Waals surface area (Å²) in [6.07, 6.45) is 7.37. The maximum atomic E-state index is 6.19. The lowest BCUT2D eigenvalue weighted by Crippen LogP contribution is -2.59. The van der Waals surface area contributed by atoms with Gasteiger partial charge in [0, 0.05) is 13.5 Å². The molecule has 2 bridgehead atoms. The second kappa shape index (κ2) is 4.56. The second-order valence-electron chi connectivity index (χ2n) is 6.02. The third-order valence-electron chi connectivity index (χ3n) is 5.02. The predicted octanol–water partition coefficient (Wildman–Crippen LogP) is 3.11. The molecule has 5 nitrogen and oxygen atoms in total. The fraction of sp³-hybridized carbons (Fsp3) is 0.733. The Hall–Kier alpha value is -0.880. The number of rotatable bonds is 2. The van der Waals surface area contributed by atoms with Crippen molar-refractivity contribution in [2.45, 2.75) is 56.2 Å². The summed E-state index contributed by atoms with van der Waals surface area (Å²) in [4.78, 5) is 11.6. The third kappa shape index (κ3) is 1.64. The predicted molar refractivity (Wildman–Crippen MR) is 68.4 cm³/mol. The molecule has 1 aromatic heterocycles. The van der Waals surface area contributed by atoms with Gasteiger partial charge in [-0.2, -0.15) is 4.89 Å². The van der Waals surface area contributed by atoms with E-state index in [2.05, 4.69) is 0 Å². The quantitative estimate of drug-likeness (QED) is 0.779. The van der Waals surface area contributed by atoms with Crippen molar-refractivity contribution in [1.82, 2.24) is 0 Å². The zero-order chi connectivity index (χ0) is 13.6. The molecule has 0 N–H and O–H groups in total. The highest BCUT2D eigenvalue weighted by molar-refractivity contribution is 5.10. The molecule has 0 aromatic carbocycles. The fourth-order valence-corrected chi connectivity index (χ4v) is 3.96. The van der Waals surface area contributed by atoms with Crippen LogP contribution < -0.4 is 0 Å². The van der Waals surface area contributed by atoms with Crippen molar-refractivity contribution in [1.29, 1.82) is 0 Å². The van der Waals surface area contributed by atoms with Crippen molar-refractivity contribution in [3.63, 3.8) is 0 Å². The van der Waals surface area contributed by atoms with Gasteiger partial charge in [-0.05, 0) is 37.3 Å². The minimum Gasteiger partial charge on any atom is -0.464 e. The SMILES string of the molecule is CO[C@@H]1O[C@@]2(c3ccco3)CC[C@H]3CCCC[C@]31OO2. The zero-order valence-corrected chi connectivity index (χ0v) is 11.7. The molecule has 5 rings (SSSR count). The molecule has 0 amide bonds. The smallest absolute Gasteiger partial charge is 0.262 e. The van der Waals surface area contributed by atoms with E-state index >= 15 is 0 Å². The number of methoxy groups -OCH3 is 1. The van der Waals surface area contributed by atoms with Gasteiger partial charge in [0.15, 0.2) is 17.7 Å². The minimum absolute atomic E-state index is 0.408. The van der Waals surface area contributed by atoms with Crippen LogP contribution in [-0.4, -0.2) is 19.0 Å². The molecule has 3 saturated heterocycles. The molecule has 3 aliphatic heterocycles. The fourth-order valence-electron chi connectivity index (χ4n) is 3.96. The highest BCUT2D eigenvalue weighted by Gasteiger charge is 2.62. The van der Waals surface area contributed by atoms with Crippen molar-refractivity contribution < 1.29 is 23.7 Å². The number of hydrogen-bond acceptors (Lipinski definition) is 5. The average Bonchev–Trinajstić information content (AvgIpc) is 2.93. The van der Waals surface area contributed by atoms with Crippen molar-refractivity contribution in [2.75, 3.05) is 7.11 Å². The largest absolute Gasteiger partial charge is 0.464 e. The Morgan fingerprint density at radius 3 is 2.95 bits per heavy atom. The van der Waals surface area contributed by atoms with Crippen LogP contribution in [0.1, 0.15) is 44.3 Å². The van der Waals surface area contributed by atoms with Crippen LogP contribution in [0.2, 0.25) is 0 Å². The molecular weight excluding hydrogens is 260 g/mol. The molecule has 0 radical (unpaired) electrons. The zero-order valence-electron chi connectivity index (χ0n) is 11.7. The lowest BCUT2D eigenvalue weighted by molar-refractivity contribution is -0.561. The molecule has 0 unspecified atom stereocenters. The maximum absolute atomic E-state index is 6.19. The van der Waals surface area contributed by atoms with E-state index < -0.39 is 17.7 Å². The molecule has 1 spiro atoms. The molecule has 1 aromatic rings. The monoisotopic (exact) mass is 280 g/mol. The summed E-state index contributed by atoms with van der Waals surface area (Å²) in [5.74, 6) is 0.0980. The Kier molecular flexibility index (Phi) is 2.93. The van der Waals surface area contributed by atoms with Gasteiger partial charge in [-0.3, -0.25) is 0 Å². The van der Waals surface area contributed by atoms with Crippen LogP contribution in [0.4, 0.5) is 0 Å². The molecule has 1 saturated carbocycles. The van der Waals surface area contributed by atoms with E-state index in [1.54, 1.807) is 13.4 Å². The first-order valence-corrected chi connectivity index (χ1v) is 7.40. The van der Waals surface area contributed by atoms with E-state index in [9.17, 15) is 0 Å². The van der Waals surface area contributed by atoms with Gasteiger partial charge in [0.2, 0.25) is 0 Å². The molecule has 4 fully saturated rings. The molecule has 1 aliphatic carbocycles. The van der Waals surface area contributed by atoms with Gasteiger partial charge in [-0.1, -0.05) is 12.8 Å². The van der Waals surface area contributed by atoms with Gasteiger partial charge in [0.05, 0.1) is 6.26 Å². The maximum Gasteiger partial charge on any atom is 0.262 e. The van der Waals surface area contributed by atoms with Gasteiger partial charge in [-0.25, -0.2) is 4.89 Å². The molecule has 110 valence electrons. The Morgan fingerprint density at radius 2 is 2.15 bits per heavy atom. The van der Waals surface area contributed by atoms with Gasteiger partial charge in [0.1, 0.15) is 0 Å². The second-order valence-corrected chi connectivity index (χ2v) is 6.02. The van der Waals surface area contributed by atoms with Crippen LogP contribution in [0, 0.1) is 5.92 Å². The van der Waals surface area contributed by atoms with E-state index in [1.807, 2.05) is 12.1 Å². The van der Waals surface area contributed by atoms with Gasteiger partial charge in [0.25, 0.3) is 5.79 Å². The average molecular weight is 280 g/mol. The summed E-state index contributed by atoms with van der Waals surface area (Å²) < 4.78 is 17.3. The van der Waals surface area contributed by atoms with Gasteiger partial charge < -0.3 is 13.9 Å². The molecule has 4 heterocycles. The van der Waals surface area contributed by atoms with E-state index in [0.29, 0.717) is 11.7 Å². The third-order valence-corrected chi connectivity index (χ3v) is 5.02. The summed E-state index contributed by atoms with van der Waals surface area (Å²) in [5.41, 5.74) is -0.459. The van der Waals surface area contributed by atoms with E-state index in [1.165, 1.54) is 6.42 Å². The topological polar surface area (TPSA) is 50.1 Å².